The number of carbonyl (C=O) groups excluding carboxylic acids is 1. The number of anilines is 1. The molecule has 0 bridgehead atoms. The van der Waals surface area contributed by atoms with Crippen LogP contribution in [0, 0.1) is 5.82 Å². The van der Waals surface area contributed by atoms with Crippen molar-refractivity contribution in [3.8, 4) is 28.3 Å². The molecule has 3 aliphatic rings. The van der Waals surface area contributed by atoms with Crippen LogP contribution < -0.4 is 15.4 Å². The first-order valence-electron chi connectivity index (χ1n) is 13.1. The van der Waals surface area contributed by atoms with Gasteiger partial charge in [0.2, 0.25) is 0 Å². The molecule has 0 spiro atoms. The van der Waals surface area contributed by atoms with E-state index in [2.05, 4.69) is 9.97 Å². The molecule has 10 nitrogen and oxygen atoms in total. The van der Waals surface area contributed by atoms with Gasteiger partial charge in [-0.1, -0.05) is 36.4 Å². The van der Waals surface area contributed by atoms with E-state index >= 15 is 4.39 Å². The Kier molecular flexibility index (Phi) is 5.79. The van der Waals surface area contributed by atoms with Gasteiger partial charge in [0, 0.05) is 43.5 Å². The van der Waals surface area contributed by atoms with E-state index < -0.39 is 29.9 Å². The number of urea groups is 1. The number of nitrogens with two attached hydrogens (primary N) is 1. The number of aliphatic hydroxyl groups excluding tert-OH is 1. The molecular weight excluding hydrogens is 517 g/mol. The summed E-state index contributed by atoms with van der Waals surface area (Å²) in [6.45, 7) is 1.61. The number of carbonyl (C=O) groups is 1. The Hall–Kier alpha value is -4.03. The van der Waals surface area contributed by atoms with Crippen molar-refractivity contribution in [2.24, 2.45) is 5.73 Å². The molecule has 4 N–H and O–H groups in total. The van der Waals surface area contributed by atoms with E-state index in [9.17, 15) is 9.90 Å². The lowest BCUT2D eigenvalue weighted by atomic mass is 10.0. The molecule has 3 aliphatic heterocycles. The number of rotatable bonds is 5. The number of hydrogen-bond acceptors (Lipinski definition) is 7. The number of aliphatic hydroxyl groups is 1. The van der Waals surface area contributed by atoms with Gasteiger partial charge in [0.1, 0.15) is 17.9 Å². The van der Waals surface area contributed by atoms with Gasteiger partial charge in [-0.15, -0.1) is 0 Å². The van der Waals surface area contributed by atoms with Crippen LogP contribution >= 0.6 is 0 Å². The molecule has 0 unspecified atom stereocenters. The van der Waals surface area contributed by atoms with Crippen molar-refractivity contribution < 1.29 is 28.5 Å². The highest BCUT2D eigenvalue weighted by atomic mass is 19.1. The summed E-state index contributed by atoms with van der Waals surface area (Å²) in [5.41, 5.74) is 9.74. The molecule has 2 amide bonds. The summed E-state index contributed by atoms with van der Waals surface area (Å²) < 4.78 is 32.3. The Balaban J connectivity index is 1.10. The van der Waals surface area contributed by atoms with E-state index in [0.29, 0.717) is 35.6 Å². The molecule has 2 aromatic carbocycles. The number of benzene rings is 2. The number of nitrogens with one attached hydrogen (secondary N) is 1. The van der Waals surface area contributed by atoms with E-state index in [1.54, 1.807) is 22.9 Å². The Morgan fingerprint density at radius 2 is 1.77 bits per heavy atom. The maximum Gasteiger partial charge on any atom is 0.324 e. The van der Waals surface area contributed by atoms with Crippen LogP contribution in [0.4, 0.5) is 14.9 Å². The molecule has 40 heavy (non-hydrogen) atoms. The Bertz CT molecular complexity index is 1590. The van der Waals surface area contributed by atoms with Crippen LogP contribution in [-0.2, 0) is 9.47 Å². The molecule has 206 valence electrons. The molecule has 4 aromatic rings. The largest absolute Gasteiger partial charge is 0.468 e. The SMILES string of the molecule is CN1CCN(c2ccc(-c3ccc(-c4nc5cc(O[C@@H]6CO[C@@H]7[C@H](O)CO[C@@]76N)[nH]c5cc4F)cc3)cc2)C1=O. The number of aromatic amines is 1. The quantitative estimate of drug-likeness (QED) is 0.352. The first-order chi connectivity index (χ1) is 19.3. The van der Waals surface area contributed by atoms with Gasteiger partial charge in [0.15, 0.2) is 23.5 Å². The molecule has 0 aliphatic carbocycles. The first-order valence-corrected chi connectivity index (χ1v) is 13.1. The predicted octanol–water partition coefficient (Wildman–Crippen LogP) is 3.10. The molecule has 4 atom stereocenters. The van der Waals surface area contributed by atoms with Gasteiger partial charge in [-0.25, -0.2) is 14.2 Å². The van der Waals surface area contributed by atoms with Crippen molar-refractivity contribution in [3.05, 3.63) is 66.5 Å². The van der Waals surface area contributed by atoms with Crippen LogP contribution in [-0.4, -0.2) is 83.4 Å². The highest BCUT2D eigenvalue weighted by molar-refractivity contribution is 5.94. The number of amides is 2. The standard InChI is InChI=1S/C29H28FN5O5/c1-34-10-11-35(28(34)37)19-8-6-17(7-9-19)16-2-4-18(5-3-16)26-20(30)12-21-22(33-26)13-25(32-21)40-24-15-38-27-23(36)14-39-29(24,27)31/h2-9,12-13,23-24,27,32,36H,10-11,14-15,31H2,1H3/t23-,24-,27-,29-/m1/s1. The van der Waals surface area contributed by atoms with Crippen molar-refractivity contribution in [1.29, 1.82) is 0 Å². The first kappa shape index (κ1) is 25.0. The number of aromatic nitrogens is 2. The van der Waals surface area contributed by atoms with Gasteiger partial charge >= 0.3 is 6.03 Å². The number of H-pyrrole nitrogens is 1. The average Bonchev–Trinajstić information content (AvgIpc) is 3.68. The Morgan fingerprint density at radius 3 is 2.48 bits per heavy atom. The van der Waals surface area contributed by atoms with E-state index in [0.717, 1.165) is 16.8 Å². The number of likely N-dealkylation sites (N-methyl/N-ethyl adjacent to an activating group) is 1. The third kappa shape index (κ3) is 4.01. The van der Waals surface area contributed by atoms with Crippen molar-refractivity contribution in [3.63, 3.8) is 0 Å². The minimum Gasteiger partial charge on any atom is -0.468 e. The second-order valence-corrected chi connectivity index (χ2v) is 10.5. The molecule has 5 heterocycles. The number of fused-ring (bicyclic) bond motifs is 2. The van der Waals surface area contributed by atoms with Gasteiger partial charge in [0.05, 0.1) is 24.2 Å². The summed E-state index contributed by atoms with van der Waals surface area (Å²) in [6, 6.07) is 18.4. The highest BCUT2D eigenvalue weighted by Crippen LogP contribution is 2.36. The fraction of sp³-hybridized carbons (Fsp3) is 0.310. The summed E-state index contributed by atoms with van der Waals surface area (Å²) >= 11 is 0. The van der Waals surface area contributed by atoms with Crippen LogP contribution in [0.3, 0.4) is 0 Å². The topological polar surface area (TPSA) is 126 Å². The lowest BCUT2D eigenvalue weighted by molar-refractivity contribution is -0.0637. The fourth-order valence-corrected chi connectivity index (χ4v) is 5.63. The van der Waals surface area contributed by atoms with Gasteiger partial charge < -0.3 is 29.2 Å². The smallest absolute Gasteiger partial charge is 0.324 e. The van der Waals surface area contributed by atoms with E-state index in [4.69, 9.17) is 19.9 Å². The van der Waals surface area contributed by atoms with E-state index in [1.807, 2.05) is 48.5 Å². The van der Waals surface area contributed by atoms with Crippen LogP contribution in [0.15, 0.2) is 60.7 Å². The Labute approximate surface area is 229 Å². The molecule has 0 saturated carbocycles. The summed E-state index contributed by atoms with van der Waals surface area (Å²) in [5, 5.41) is 10.0. The maximum atomic E-state index is 15.1. The molecule has 7 rings (SSSR count). The monoisotopic (exact) mass is 545 g/mol. The molecule has 0 radical (unpaired) electrons. The van der Waals surface area contributed by atoms with Gasteiger partial charge in [-0.2, -0.15) is 0 Å². The lowest BCUT2D eigenvalue weighted by Gasteiger charge is -2.27. The average molecular weight is 546 g/mol. The van der Waals surface area contributed by atoms with Gasteiger partial charge in [-0.3, -0.25) is 10.6 Å². The molecule has 3 fully saturated rings. The summed E-state index contributed by atoms with van der Waals surface area (Å²) in [7, 11) is 1.80. The fourth-order valence-electron chi connectivity index (χ4n) is 5.63. The van der Waals surface area contributed by atoms with Crippen LogP contribution in [0.1, 0.15) is 0 Å². The van der Waals surface area contributed by atoms with Gasteiger partial charge in [0.25, 0.3) is 0 Å². The zero-order chi connectivity index (χ0) is 27.6. The van der Waals surface area contributed by atoms with Crippen LogP contribution in [0.2, 0.25) is 0 Å². The minimum absolute atomic E-state index is 0.00291. The number of nitrogens with zero attached hydrogens (tertiary/aromatic N) is 3. The van der Waals surface area contributed by atoms with E-state index in [1.165, 1.54) is 6.07 Å². The molecule has 11 heteroatoms. The van der Waals surface area contributed by atoms with E-state index in [-0.39, 0.29) is 24.9 Å². The lowest BCUT2D eigenvalue weighted by Crippen LogP contribution is -2.57. The van der Waals surface area contributed by atoms with Crippen LogP contribution in [0.5, 0.6) is 5.88 Å². The van der Waals surface area contributed by atoms with Crippen molar-refractivity contribution in [2.45, 2.75) is 24.0 Å². The Morgan fingerprint density at radius 1 is 1.07 bits per heavy atom. The highest BCUT2D eigenvalue weighted by Gasteiger charge is 2.59. The number of hydrogen-bond donors (Lipinski definition) is 3. The van der Waals surface area contributed by atoms with Gasteiger partial charge in [-0.05, 0) is 23.3 Å². The second kappa shape index (κ2) is 9.27. The molecular formula is C29H28FN5O5. The number of pyridine rings is 1. The van der Waals surface area contributed by atoms with Crippen molar-refractivity contribution in [2.75, 3.05) is 38.3 Å². The van der Waals surface area contributed by atoms with Crippen molar-refractivity contribution >= 4 is 22.8 Å². The normalized spacial score (nSPS) is 26.2. The summed E-state index contributed by atoms with van der Waals surface area (Å²) in [4.78, 5) is 23.3. The number of halogens is 1. The second-order valence-electron chi connectivity index (χ2n) is 10.5. The maximum absolute atomic E-state index is 15.1. The summed E-state index contributed by atoms with van der Waals surface area (Å²) in [5.74, 6) is -0.121. The van der Waals surface area contributed by atoms with Crippen LogP contribution in [0.25, 0.3) is 33.4 Å². The third-order valence-electron chi connectivity index (χ3n) is 7.92. The minimum atomic E-state index is -1.26. The predicted molar refractivity (Wildman–Crippen MR) is 145 cm³/mol. The summed E-state index contributed by atoms with van der Waals surface area (Å²) in [6.07, 6.45) is -2.12. The zero-order valence-electron chi connectivity index (χ0n) is 21.7. The van der Waals surface area contributed by atoms with Crippen molar-refractivity contribution in [1.82, 2.24) is 14.9 Å². The third-order valence-corrected chi connectivity index (χ3v) is 7.92. The zero-order valence-corrected chi connectivity index (χ0v) is 21.7. The molecule has 2 aromatic heterocycles. The molecule has 3 saturated heterocycles. The number of ether oxygens (including phenoxy) is 3.